The molecule has 2 heterocycles. The summed E-state index contributed by atoms with van der Waals surface area (Å²) in [5.41, 5.74) is 3.99. The lowest BCUT2D eigenvalue weighted by Gasteiger charge is -1.89. The van der Waals surface area contributed by atoms with Gasteiger partial charge in [0.25, 0.3) is 0 Å². The van der Waals surface area contributed by atoms with Crippen molar-refractivity contribution in [1.29, 1.82) is 0 Å². The number of H-pyrrole nitrogens is 1. The average Bonchev–Trinajstić information content (AvgIpc) is 2.62. The van der Waals surface area contributed by atoms with Gasteiger partial charge in [0, 0.05) is 13.3 Å². The van der Waals surface area contributed by atoms with Crippen molar-refractivity contribution in [2.75, 3.05) is 0 Å². The number of rotatable bonds is 1. The van der Waals surface area contributed by atoms with E-state index in [1.165, 1.54) is 5.69 Å². The Labute approximate surface area is 86.1 Å². The number of nitrogens with one attached hydrogen (secondary N) is 1. The van der Waals surface area contributed by atoms with Gasteiger partial charge in [-0.05, 0) is 19.4 Å². The van der Waals surface area contributed by atoms with Gasteiger partial charge in [-0.15, -0.1) is 0 Å². The monoisotopic (exact) mass is 193 g/mol. The van der Waals surface area contributed by atoms with E-state index < -0.39 is 0 Å². The first-order valence-electron chi connectivity index (χ1n) is 5.11. The Bertz CT molecular complexity index is 409. The molecule has 0 spiro atoms. The first-order valence-corrected chi connectivity index (χ1v) is 5.11. The highest BCUT2D eigenvalue weighted by atomic mass is 14.9. The second kappa shape index (κ2) is 4.74. The van der Waals surface area contributed by atoms with Crippen molar-refractivity contribution in [3.8, 4) is 0 Å². The molecule has 78 valence electrons. The zero-order valence-electron chi connectivity index (χ0n) is 9.26. The molecule has 2 rings (SSSR count). The molecule has 0 saturated heterocycles. The quantitative estimate of drug-likeness (QED) is 0.756. The van der Waals surface area contributed by atoms with E-state index in [-0.39, 0.29) is 1.43 Å². The third kappa shape index (κ3) is 2.10. The first kappa shape index (κ1) is 10.7. The summed E-state index contributed by atoms with van der Waals surface area (Å²) in [5.74, 6) is 0. The van der Waals surface area contributed by atoms with Gasteiger partial charge >= 0.3 is 0 Å². The van der Waals surface area contributed by atoms with E-state index >= 15 is 0 Å². The topological polar surface area (TPSA) is 41.6 Å². The molecule has 0 aromatic carbocycles. The highest BCUT2D eigenvalue weighted by molar-refractivity contribution is 5.71. The molecule has 2 aromatic heterocycles. The van der Waals surface area contributed by atoms with E-state index in [4.69, 9.17) is 0 Å². The van der Waals surface area contributed by atoms with Crippen LogP contribution in [0.2, 0.25) is 0 Å². The Kier molecular flexibility index (Phi) is 3.63. The predicted octanol–water partition coefficient (Wildman–Crippen LogP) is 3.10. The number of fused-ring (bicyclic) bond motifs is 1. The third-order valence-corrected chi connectivity index (χ3v) is 1.89. The average molecular weight is 193 g/mol. The van der Waals surface area contributed by atoms with Crippen LogP contribution in [-0.2, 0) is 6.42 Å². The summed E-state index contributed by atoms with van der Waals surface area (Å²) in [5, 5.41) is 0. The molecule has 0 amide bonds. The third-order valence-electron chi connectivity index (χ3n) is 1.89. The minimum atomic E-state index is 0. The van der Waals surface area contributed by atoms with Gasteiger partial charge in [-0.25, -0.2) is 4.98 Å². The number of nitrogens with zero attached hydrogens (tertiary/aromatic N) is 2. The van der Waals surface area contributed by atoms with Gasteiger partial charge in [-0.1, -0.05) is 20.8 Å². The Morgan fingerprint density at radius 1 is 1.43 bits per heavy atom. The number of hydrogen-bond donors (Lipinski definition) is 1. The predicted molar refractivity (Wildman–Crippen MR) is 61.5 cm³/mol. The molecule has 14 heavy (non-hydrogen) atoms. The molecule has 1 N–H and O–H groups in total. The fraction of sp³-hybridized carbons (Fsp3) is 0.455. The molecular weight excluding hydrogens is 174 g/mol. The Morgan fingerprint density at radius 2 is 2.14 bits per heavy atom. The summed E-state index contributed by atoms with van der Waals surface area (Å²) in [4.78, 5) is 11.8. The van der Waals surface area contributed by atoms with Crippen LogP contribution in [0.3, 0.4) is 0 Å². The maximum Gasteiger partial charge on any atom is 0.156 e. The second-order valence-electron chi connectivity index (χ2n) is 2.89. The summed E-state index contributed by atoms with van der Waals surface area (Å²) >= 11 is 0. The van der Waals surface area contributed by atoms with Crippen LogP contribution in [0.5, 0.6) is 0 Å². The molecule has 0 fully saturated rings. The van der Waals surface area contributed by atoms with Crippen LogP contribution in [0, 0.1) is 6.92 Å². The zero-order chi connectivity index (χ0) is 10.6. The van der Waals surface area contributed by atoms with Gasteiger partial charge in [0.2, 0.25) is 0 Å². The molecule has 0 aliphatic carbocycles. The van der Waals surface area contributed by atoms with Gasteiger partial charge in [0.05, 0.1) is 5.69 Å². The van der Waals surface area contributed by atoms with Crippen LogP contribution < -0.4 is 0 Å². The minimum absolute atomic E-state index is 0. The molecule has 0 bridgehead atoms. The normalized spacial score (nSPS) is 9.71. The van der Waals surface area contributed by atoms with Crippen molar-refractivity contribution in [3.05, 3.63) is 23.7 Å². The van der Waals surface area contributed by atoms with E-state index in [2.05, 4.69) is 21.9 Å². The van der Waals surface area contributed by atoms with E-state index in [1.54, 1.807) is 6.20 Å². The number of aromatic nitrogens is 3. The second-order valence-corrected chi connectivity index (χ2v) is 2.89. The molecule has 0 radical (unpaired) electrons. The van der Waals surface area contributed by atoms with Crippen LogP contribution in [0.1, 0.15) is 33.6 Å². The highest BCUT2D eigenvalue weighted by Crippen LogP contribution is 2.10. The fourth-order valence-corrected chi connectivity index (χ4v) is 1.23. The molecular formula is C11H19N3. The van der Waals surface area contributed by atoms with Crippen molar-refractivity contribution < 1.29 is 1.43 Å². The highest BCUT2D eigenvalue weighted by Gasteiger charge is 2.00. The lowest BCUT2D eigenvalue weighted by atomic mass is 10.3. The summed E-state index contributed by atoms with van der Waals surface area (Å²) in [6, 6.07) is 2.04. The smallest absolute Gasteiger partial charge is 0.156 e. The van der Waals surface area contributed by atoms with Crippen LogP contribution >= 0.6 is 0 Å². The lowest BCUT2D eigenvalue weighted by molar-refractivity contribution is 1.06. The van der Waals surface area contributed by atoms with E-state index in [1.807, 2.05) is 26.8 Å². The van der Waals surface area contributed by atoms with Crippen molar-refractivity contribution in [3.63, 3.8) is 0 Å². The van der Waals surface area contributed by atoms with Gasteiger partial charge in [0.15, 0.2) is 5.65 Å². The van der Waals surface area contributed by atoms with Crippen LogP contribution in [0.15, 0.2) is 12.3 Å². The fourth-order valence-electron chi connectivity index (χ4n) is 1.23. The number of aryl methyl sites for hydroxylation is 2. The summed E-state index contributed by atoms with van der Waals surface area (Å²) in [6.07, 6.45) is 2.78. The first-order chi connectivity index (χ1) is 6.79. The Morgan fingerprint density at radius 3 is 2.79 bits per heavy atom. The van der Waals surface area contributed by atoms with Crippen LogP contribution in [0.4, 0.5) is 0 Å². The number of hydrogen-bond acceptors (Lipinski definition) is 2. The van der Waals surface area contributed by atoms with E-state index in [0.29, 0.717) is 0 Å². The van der Waals surface area contributed by atoms with E-state index in [0.717, 1.165) is 23.3 Å². The SMILES string of the molecule is CC.CCc1cc2ncc(C)nc2[nH]1.[HH]. The molecule has 3 nitrogen and oxygen atoms in total. The minimum Gasteiger partial charge on any atom is -0.342 e. The van der Waals surface area contributed by atoms with Gasteiger partial charge in [0.1, 0.15) is 5.52 Å². The molecule has 0 atom stereocenters. The Balaban J connectivity index is 0.000000617. The maximum atomic E-state index is 4.33. The standard InChI is InChI=1S/C9H11N3.C2H6.H2/c1-3-7-4-8-9(12-7)11-6(2)5-10-8;1-2;/h4-5H,3H2,1-2H3,(H,11,12);1-2H3;1H. The molecule has 0 aliphatic rings. The summed E-state index contributed by atoms with van der Waals surface area (Å²) in [7, 11) is 0. The van der Waals surface area contributed by atoms with Crippen LogP contribution in [0.25, 0.3) is 11.2 Å². The summed E-state index contributed by atoms with van der Waals surface area (Å²) < 4.78 is 0. The molecule has 2 aromatic rings. The summed E-state index contributed by atoms with van der Waals surface area (Å²) in [6.45, 7) is 8.05. The lowest BCUT2D eigenvalue weighted by Crippen LogP contribution is -1.84. The van der Waals surface area contributed by atoms with Crippen molar-refractivity contribution >= 4 is 11.2 Å². The molecule has 0 unspecified atom stereocenters. The molecule has 3 heteroatoms. The van der Waals surface area contributed by atoms with Gasteiger partial charge in [-0.3, -0.25) is 4.98 Å². The van der Waals surface area contributed by atoms with E-state index in [9.17, 15) is 0 Å². The number of aromatic amines is 1. The molecule has 0 saturated carbocycles. The Hall–Kier alpha value is -1.38. The van der Waals surface area contributed by atoms with Crippen molar-refractivity contribution in [2.45, 2.75) is 34.1 Å². The van der Waals surface area contributed by atoms with Crippen LogP contribution in [-0.4, -0.2) is 15.0 Å². The van der Waals surface area contributed by atoms with Gasteiger partial charge < -0.3 is 4.98 Å². The van der Waals surface area contributed by atoms with Crippen molar-refractivity contribution in [1.82, 2.24) is 15.0 Å². The molecule has 0 aliphatic heterocycles. The van der Waals surface area contributed by atoms with Crippen molar-refractivity contribution in [2.24, 2.45) is 0 Å². The maximum absolute atomic E-state index is 4.33. The zero-order valence-corrected chi connectivity index (χ0v) is 9.26. The largest absolute Gasteiger partial charge is 0.342 e. The van der Waals surface area contributed by atoms with Gasteiger partial charge in [-0.2, -0.15) is 0 Å².